The van der Waals surface area contributed by atoms with Gasteiger partial charge in [-0.1, -0.05) is 47.6 Å². The minimum Gasteiger partial charge on any atom is -0.441 e. The van der Waals surface area contributed by atoms with Crippen molar-refractivity contribution in [3.8, 4) is 11.5 Å². The van der Waals surface area contributed by atoms with Crippen LogP contribution in [0.25, 0.3) is 0 Å². The van der Waals surface area contributed by atoms with E-state index < -0.39 is 0 Å². The third-order valence-electron chi connectivity index (χ3n) is 3.27. The normalized spacial score (nSPS) is 15.6. The molecular weight excluding hydrogens is 384 g/mol. The molecule has 1 aliphatic heterocycles. The quantitative estimate of drug-likeness (QED) is 0.531. The molecule has 0 saturated heterocycles. The summed E-state index contributed by atoms with van der Waals surface area (Å²) in [5.74, 6) is 1.55. The zero-order chi connectivity index (χ0) is 15.3. The van der Waals surface area contributed by atoms with Gasteiger partial charge >= 0.3 is 0 Å². The van der Waals surface area contributed by atoms with Crippen LogP contribution in [0.5, 0.6) is 11.5 Å². The summed E-state index contributed by atoms with van der Waals surface area (Å²) in [4.78, 5) is 0. The number of benzene rings is 1. The Hall–Kier alpha value is -0.480. The van der Waals surface area contributed by atoms with Crippen molar-refractivity contribution in [2.24, 2.45) is 0 Å². The van der Waals surface area contributed by atoms with Crippen LogP contribution in [0.3, 0.4) is 0 Å². The van der Waals surface area contributed by atoms with Gasteiger partial charge in [0.05, 0.1) is 0 Å². The lowest BCUT2D eigenvalue weighted by molar-refractivity contribution is 0.336. The molecule has 1 aromatic carbocycles. The lowest BCUT2D eigenvalue weighted by atomic mass is 9.80. The summed E-state index contributed by atoms with van der Waals surface area (Å²) in [6, 6.07) is 4.28. The summed E-state index contributed by atoms with van der Waals surface area (Å²) in [6.45, 7) is 13.1. The van der Waals surface area contributed by atoms with Crippen molar-refractivity contribution in [3.05, 3.63) is 32.6 Å². The molecular formula is C16H20Br2O2. The molecule has 0 radical (unpaired) electrons. The van der Waals surface area contributed by atoms with Crippen molar-refractivity contribution >= 4 is 31.9 Å². The minimum atomic E-state index is -0.0220. The molecule has 2 nitrogen and oxygen atoms in total. The van der Waals surface area contributed by atoms with Gasteiger partial charge < -0.3 is 9.47 Å². The highest BCUT2D eigenvalue weighted by molar-refractivity contribution is 9.14. The lowest BCUT2D eigenvalue weighted by Crippen LogP contribution is -2.19. The van der Waals surface area contributed by atoms with Gasteiger partial charge in [-0.3, -0.25) is 0 Å². The second-order valence-electron chi connectivity index (χ2n) is 7.10. The van der Waals surface area contributed by atoms with Gasteiger partial charge in [-0.25, -0.2) is 0 Å². The standard InChI is InChI=1S/C16H20Br2O2/c1-15(2,3)9-7-10(16(4,5)6)12-11(8-9)19-13(17)14(18)20-12/h7-8H,1-6H3. The van der Waals surface area contributed by atoms with Crippen molar-refractivity contribution in [1.82, 2.24) is 0 Å². The average Bonchev–Trinajstić information content (AvgIpc) is 2.26. The van der Waals surface area contributed by atoms with Crippen LogP contribution < -0.4 is 9.47 Å². The average molecular weight is 404 g/mol. The lowest BCUT2D eigenvalue weighted by Gasteiger charge is -2.30. The van der Waals surface area contributed by atoms with Gasteiger partial charge in [0.2, 0.25) is 9.34 Å². The maximum atomic E-state index is 5.89. The minimum absolute atomic E-state index is 0.0220. The summed E-state index contributed by atoms with van der Waals surface area (Å²) in [7, 11) is 0. The predicted octanol–water partition coefficient (Wildman–Crippen LogP) is 5.97. The first-order valence-electron chi connectivity index (χ1n) is 6.60. The maximum Gasteiger partial charge on any atom is 0.219 e. The molecule has 0 aromatic heterocycles. The van der Waals surface area contributed by atoms with Crippen LogP contribution in [0, 0.1) is 0 Å². The molecule has 1 aliphatic rings. The molecule has 0 amide bonds. The fourth-order valence-electron chi connectivity index (χ4n) is 2.04. The van der Waals surface area contributed by atoms with E-state index in [9.17, 15) is 0 Å². The van der Waals surface area contributed by atoms with E-state index in [1.807, 2.05) is 0 Å². The van der Waals surface area contributed by atoms with E-state index >= 15 is 0 Å². The Bertz CT molecular complexity index is 575. The van der Waals surface area contributed by atoms with Gasteiger partial charge in [-0.2, -0.15) is 0 Å². The van der Waals surface area contributed by atoms with E-state index in [1.54, 1.807) is 0 Å². The molecule has 0 saturated carbocycles. The monoisotopic (exact) mass is 402 g/mol. The fraction of sp³-hybridized carbons (Fsp3) is 0.500. The molecule has 2 rings (SSSR count). The number of halogens is 2. The molecule has 4 heteroatoms. The topological polar surface area (TPSA) is 18.5 Å². The first kappa shape index (κ1) is 15.9. The van der Waals surface area contributed by atoms with Crippen LogP contribution in [0.1, 0.15) is 52.7 Å². The van der Waals surface area contributed by atoms with Crippen molar-refractivity contribution < 1.29 is 9.47 Å². The molecule has 0 atom stereocenters. The Morgan fingerprint density at radius 3 is 1.85 bits per heavy atom. The highest BCUT2D eigenvalue weighted by Gasteiger charge is 2.30. The number of rotatable bonds is 0. The van der Waals surface area contributed by atoms with Crippen molar-refractivity contribution in [1.29, 1.82) is 0 Å². The second-order valence-corrected chi connectivity index (χ2v) is 8.54. The molecule has 110 valence electrons. The van der Waals surface area contributed by atoms with Gasteiger partial charge in [-0.15, -0.1) is 0 Å². The second kappa shape index (κ2) is 5.06. The van der Waals surface area contributed by atoms with E-state index in [0.29, 0.717) is 9.34 Å². The van der Waals surface area contributed by atoms with Crippen molar-refractivity contribution in [2.45, 2.75) is 52.4 Å². The van der Waals surface area contributed by atoms with E-state index in [2.05, 4.69) is 85.5 Å². The summed E-state index contributed by atoms with van der Waals surface area (Å²) >= 11 is 6.73. The van der Waals surface area contributed by atoms with Gasteiger partial charge in [0.25, 0.3) is 0 Å². The Morgan fingerprint density at radius 2 is 1.35 bits per heavy atom. The summed E-state index contributed by atoms with van der Waals surface area (Å²) in [6.07, 6.45) is 0. The Kier molecular flexibility index (Phi) is 4.02. The number of ether oxygens (including phenoxy) is 2. The largest absolute Gasteiger partial charge is 0.441 e. The van der Waals surface area contributed by atoms with Gasteiger partial charge in [0.15, 0.2) is 11.5 Å². The van der Waals surface area contributed by atoms with Gasteiger partial charge in [-0.05, 0) is 54.3 Å². The Balaban J connectivity index is 2.67. The molecule has 0 fully saturated rings. The highest BCUT2D eigenvalue weighted by Crippen LogP contribution is 2.47. The van der Waals surface area contributed by atoms with Crippen LogP contribution in [0.15, 0.2) is 21.5 Å². The Morgan fingerprint density at radius 1 is 0.800 bits per heavy atom. The highest BCUT2D eigenvalue weighted by atomic mass is 79.9. The van der Waals surface area contributed by atoms with E-state index in [-0.39, 0.29) is 10.8 Å². The third kappa shape index (κ3) is 3.06. The molecule has 0 spiro atoms. The smallest absolute Gasteiger partial charge is 0.219 e. The van der Waals surface area contributed by atoms with Crippen LogP contribution >= 0.6 is 31.9 Å². The molecule has 0 N–H and O–H groups in total. The Labute approximate surface area is 137 Å². The molecule has 20 heavy (non-hydrogen) atoms. The first-order valence-corrected chi connectivity index (χ1v) is 8.19. The predicted molar refractivity (Wildman–Crippen MR) is 90.0 cm³/mol. The van der Waals surface area contributed by atoms with Crippen LogP contribution in [0.2, 0.25) is 0 Å². The number of fused-ring (bicyclic) bond motifs is 1. The maximum absolute atomic E-state index is 5.89. The molecule has 1 heterocycles. The van der Waals surface area contributed by atoms with E-state index in [0.717, 1.165) is 17.1 Å². The third-order valence-corrected chi connectivity index (χ3v) is 4.85. The van der Waals surface area contributed by atoms with E-state index in [4.69, 9.17) is 9.47 Å². The van der Waals surface area contributed by atoms with Crippen LogP contribution in [-0.4, -0.2) is 0 Å². The summed E-state index contributed by atoms with van der Waals surface area (Å²) < 4.78 is 12.9. The summed E-state index contributed by atoms with van der Waals surface area (Å²) in [5.41, 5.74) is 2.43. The van der Waals surface area contributed by atoms with E-state index in [1.165, 1.54) is 5.56 Å². The molecule has 0 bridgehead atoms. The van der Waals surface area contributed by atoms with Gasteiger partial charge in [0.1, 0.15) is 0 Å². The molecule has 0 aliphatic carbocycles. The zero-order valence-electron chi connectivity index (χ0n) is 12.7. The zero-order valence-corrected chi connectivity index (χ0v) is 15.9. The SMILES string of the molecule is CC(C)(C)c1cc2c(c(C(C)(C)C)c1)OC(Br)=C(Br)O2. The van der Waals surface area contributed by atoms with Crippen LogP contribution in [-0.2, 0) is 10.8 Å². The number of hydrogen-bond acceptors (Lipinski definition) is 2. The number of hydrogen-bond donors (Lipinski definition) is 0. The molecule has 0 unspecified atom stereocenters. The fourth-order valence-corrected chi connectivity index (χ4v) is 2.54. The van der Waals surface area contributed by atoms with Gasteiger partial charge in [0, 0.05) is 5.56 Å². The van der Waals surface area contributed by atoms with Crippen molar-refractivity contribution in [2.75, 3.05) is 0 Å². The first-order chi connectivity index (χ1) is 9.00. The molecule has 1 aromatic rings. The van der Waals surface area contributed by atoms with Crippen molar-refractivity contribution in [3.63, 3.8) is 0 Å². The van der Waals surface area contributed by atoms with Crippen LogP contribution in [0.4, 0.5) is 0 Å². The summed E-state index contributed by atoms with van der Waals surface area (Å²) in [5, 5.41) is 0.